The third-order valence-corrected chi connectivity index (χ3v) is 7.05. The van der Waals surface area contributed by atoms with Crippen LogP contribution in [0.15, 0.2) is 42.6 Å². The zero-order valence-corrected chi connectivity index (χ0v) is 21.7. The summed E-state index contributed by atoms with van der Waals surface area (Å²) in [4.78, 5) is 44.4. The molecule has 10 nitrogen and oxygen atoms in total. The number of hydrogen-bond acceptors (Lipinski definition) is 7. The Balaban J connectivity index is 1.47. The van der Waals surface area contributed by atoms with Crippen molar-refractivity contribution in [2.45, 2.75) is 45.2 Å². The maximum atomic E-state index is 13.0. The van der Waals surface area contributed by atoms with Crippen molar-refractivity contribution < 1.29 is 23.9 Å². The largest absolute Gasteiger partial charge is 0.464 e. The topological polar surface area (TPSA) is 115 Å². The molecule has 5 rings (SSSR count). The Bertz CT molecular complexity index is 1330. The quantitative estimate of drug-likeness (QED) is 0.428. The molecule has 200 valence electrons. The summed E-state index contributed by atoms with van der Waals surface area (Å²) in [5, 5.41) is 7.20. The van der Waals surface area contributed by atoms with Crippen molar-refractivity contribution in [1.29, 1.82) is 0 Å². The highest BCUT2D eigenvalue weighted by atomic mass is 16.6. The van der Waals surface area contributed by atoms with Crippen LogP contribution in [0.25, 0.3) is 11.0 Å². The van der Waals surface area contributed by atoms with Gasteiger partial charge in [0, 0.05) is 37.0 Å². The maximum absolute atomic E-state index is 13.0. The van der Waals surface area contributed by atoms with Gasteiger partial charge in [-0.25, -0.2) is 14.6 Å². The van der Waals surface area contributed by atoms with E-state index in [0.717, 1.165) is 36.9 Å². The smallest absolute Gasteiger partial charge is 0.409 e. The molecule has 1 aromatic carbocycles. The predicted molar refractivity (Wildman–Crippen MR) is 143 cm³/mol. The summed E-state index contributed by atoms with van der Waals surface area (Å²) < 4.78 is 12.1. The van der Waals surface area contributed by atoms with Gasteiger partial charge >= 0.3 is 12.1 Å². The average molecular weight is 520 g/mol. The second-order valence-corrected chi connectivity index (χ2v) is 9.75. The number of carbonyl (C=O) groups is 3. The normalized spacial score (nSPS) is 15.8. The number of fused-ring (bicyclic) bond motifs is 1. The highest BCUT2D eigenvalue weighted by Gasteiger charge is 2.33. The van der Waals surface area contributed by atoms with E-state index in [4.69, 9.17) is 14.5 Å². The van der Waals surface area contributed by atoms with E-state index in [2.05, 4.69) is 10.6 Å². The summed E-state index contributed by atoms with van der Waals surface area (Å²) in [5.74, 6) is -0.670. The Kier molecular flexibility index (Phi) is 7.48. The van der Waals surface area contributed by atoms with Gasteiger partial charge < -0.3 is 29.6 Å². The first-order valence-electron chi connectivity index (χ1n) is 13.1. The van der Waals surface area contributed by atoms with E-state index in [1.54, 1.807) is 22.6 Å². The van der Waals surface area contributed by atoms with Gasteiger partial charge in [0.05, 0.1) is 31.3 Å². The van der Waals surface area contributed by atoms with E-state index in [-0.39, 0.29) is 29.7 Å². The lowest BCUT2D eigenvalue weighted by molar-refractivity contribution is -0.117. The number of pyridine rings is 1. The number of hydrogen-bond donors (Lipinski definition) is 2. The molecule has 0 bridgehead atoms. The molecule has 3 aromatic rings. The van der Waals surface area contributed by atoms with E-state index in [1.165, 1.54) is 7.11 Å². The van der Waals surface area contributed by atoms with Gasteiger partial charge in [-0.1, -0.05) is 30.3 Å². The van der Waals surface area contributed by atoms with Crippen molar-refractivity contribution in [2.24, 2.45) is 5.92 Å². The van der Waals surface area contributed by atoms with E-state index >= 15 is 0 Å². The maximum Gasteiger partial charge on any atom is 0.409 e. The molecule has 0 spiro atoms. The lowest BCUT2D eigenvalue weighted by Gasteiger charge is -2.32. The van der Waals surface area contributed by atoms with Gasteiger partial charge in [0.2, 0.25) is 5.91 Å². The SMILES string of the molecule is CCOC(=O)N1CCC(Nc2cnc3c(c2)c(NC(=O)C2CC2)c(C(=O)OC)n3Cc2ccccc2)CC1. The molecular formula is C28H33N5O5. The van der Waals surface area contributed by atoms with Gasteiger partial charge in [-0.05, 0) is 44.2 Å². The van der Waals surface area contributed by atoms with Gasteiger partial charge in [-0.15, -0.1) is 0 Å². The van der Waals surface area contributed by atoms with Crippen LogP contribution in [0.5, 0.6) is 0 Å². The molecule has 1 saturated carbocycles. The zero-order valence-electron chi connectivity index (χ0n) is 21.7. The molecule has 2 aliphatic rings. The van der Waals surface area contributed by atoms with Crippen molar-refractivity contribution in [3.8, 4) is 0 Å². The number of nitrogens with zero attached hydrogens (tertiary/aromatic N) is 3. The van der Waals surface area contributed by atoms with Gasteiger partial charge in [-0.3, -0.25) is 4.79 Å². The first kappa shape index (κ1) is 25.6. The molecule has 38 heavy (non-hydrogen) atoms. The van der Waals surface area contributed by atoms with Crippen LogP contribution in [0.2, 0.25) is 0 Å². The molecule has 2 fully saturated rings. The minimum atomic E-state index is -0.536. The molecular weight excluding hydrogens is 486 g/mol. The number of anilines is 2. The second kappa shape index (κ2) is 11.1. The third kappa shape index (κ3) is 5.44. The molecule has 0 atom stereocenters. The average Bonchev–Trinajstić information content (AvgIpc) is 3.75. The number of rotatable bonds is 8. The van der Waals surface area contributed by atoms with Gasteiger partial charge in [0.25, 0.3) is 0 Å². The second-order valence-electron chi connectivity index (χ2n) is 9.75. The Morgan fingerprint density at radius 1 is 1.08 bits per heavy atom. The number of carbonyl (C=O) groups excluding carboxylic acids is 3. The Hall–Kier alpha value is -4.08. The highest BCUT2D eigenvalue weighted by Crippen LogP contribution is 2.36. The molecule has 10 heteroatoms. The summed E-state index contributed by atoms with van der Waals surface area (Å²) >= 11 is 0. The number of likely N-dealkylation sites (tertiary alicyclic amines) is 1. The van der Waals surface area contributed by atoms with Crippen LogP contribution in [-0.2, 0) is 20.8 Å². The number of piperidine rings is 1. The van der Waals surface area contributed by atoms with Crippen LogP contribution in [0, 0.1) is 5.92 Å². The Morgan fingerprint density at radius 3 is 2.47 bits per heavy atom. The molecule has 1 aliphatic carbocycles. The monoisotopic (exact) mass is 519 g/mol. The summed E-state index contributed by atoms with van der Waals surface area (Å²) in [5.41, 5.74) is 3.05. The number of ether oxygens (including phenoxy) is 2. The summed E-state index contributed by atoms with van der Waals surface area (Å²) in [6.45, 7) is 3.77. The lowest BCUT2D eigenvalue weighted by atomic mass is 10.1. The van der Waals surface area contributed by atoms with Crippen LogP contribution < -0.4 is 10.6 Å². The first-order valence-corrected chi connectivity index (χ1v) is 13.1. The molecule has 1 saturated heterocycles. The van der Waals surface area contributed by atoms with E-state index in [1.807, 2.05) is 36.4 Å². The fourth-order valence-corrected chi connectivity index (χ4v) is 4.89. The van der Waals surface area contributed by atoms with E-state index in [9.17, 15) is 14.4 Å². The standard InChI is InChI=1S/C28H33N5O5/c1-3-38-28(36)32-13-11-20(12-14-32)30-21-15-22-23(31-26(34)19-9-10-19)24(27(35)37-2)33(25(22)29-16-21)17-18-7-5-4-6-8-18/h4-8,15-16,19-20,30H,3,9-14,17H2,1-2H3,(H,31,34). The van der Waals surface area contributed by atoms with Crippen LogP contribution >= 0.6 is 0 Å². The lowest BCUT2D eigenvalue weighted by Crippen LogP contribution is -2.42. The first-order chi connectivity index (χ1) is 18.5. The third-order valence-electron chi connectivity index (χ3n) is 7.05. The van der Waals surface area contributed by atoms with Crippen molar-refractivity contribution in [1.82, 2.24) is 14.5 Å². The van der Waals surface area contributed by atoms with Crippen molar-refractivity contribution in [3.63, 3.8) is 0 Å². The fraction of sp³-hybridized carbons (Fsp3) is 0.429. The minimum absolute atomic E-state index is 0.0353. The molecule has 0 unspecified atom stereocenters. The van der Waals surface area contributed by atoms with Crippen LogP contribution in [-0.4, -0.2) is 65.3 Å². The number of nitrogens with one attached hydrogen (secondary N) is 2. The summed E-state index contributed by atoms with van der Waals surface area (Å²) in [7, 11) is 1.34. The van der Waals surface area contributed by atoms with Crippen LogP contribution in [0.4, 0.5) is 16.2 Å². The number of aromatic nitrogens is 2. The Morgan fingerprint density at radius 2 is 1.82 bits per heavy atom. The molecule has 2 aromatic heterocycles. The molecule has 0 radical (unpaired) electrons. The van der Waals surface area contributed by atoms with Gasteiger partial charge in [-0.2, -0.15) is 0 Å². The highest BCUT2D eigenvalue weighted by molar-refractivity contribution is 6.12. The number of benzene rings is 1. The zero-order chi connectivity index (χ0) is 26.6. The Labute approximate surface area is 221 Å². The number of amides is 2. The van der Waals surface area contributed by atoms with Crippen LogP contribution in [0.1, 0.15) is 48.7 Å². The summed E-state index contributed by atoms with van der Waals surface area (Å²) in [6.07, 6.45) is 4.69. The van der Waals surface area contributed by atoms with Crippen LogP contribution in [0.3, 0.4) is 0 Å². The molecule has 2 N–H and O–H groups in total. The van der Waals surface area contributed by atoms with Crippen molar-refractivity contribution in [3.05, 3.63) is 53.9 Å². The van der Waals surface area contributed by atoms with E-state index < -0.39 is 5.97 Å². The fourth-order valence-electron chi connectivity index (χ4n) is 4.89. The van der Waals surface area contributed by atoms with E-state index in [0.29, 0.717) is 43.0 Å². The molecule has 1 aliphatic heterocycles. The summed E-state index contributed by atoms with van der Waals surface area (Å²) in [6, 6.07) is 11.9. The predicted octanol–water partition coefficient (Wildman–Crippen LogP) is 4.25. The van der Waals surface area contributed by atoms with Crippen molar-refractivity contribution >= 4 is 40.4 Å². The number of esters is 1. The van der Waals surface area contributed by atoms with Crippen molar-refractivity contribution in [2.75, 3.05) is 37.4 Å². The van der Waals surface area contributed by atoms with Gasteiger partial charge in [0.15, 0.2) is 5.69 Å². The molecule has 2 amide bonds. The number of methoxy groups -OCH3 is 1. The molecule has 3 heterocycles. The van der Waals surface area contributed by atoms with Gasteiger partial charge in [0.1, 0.15) is 5.65 Å². The minimum Gasteiger partial charge on any atom is -0.464 e.